The van der Waals surface area contributed by atoms with Gasteiger partial charge in [-0.15, -0.1) is 0 Å². The molecule has 0 saturated heterocycles. The molecule has 0 spiro atoms. The maximum atomic E-state index is 12.4. The van der Waals surface area contributed by atoms with Crippen LogP contribution in [0, 0.1) is 0 Å². The minimum atomic E-state index is -1.92. The number of carbonyl (C=O) groups is 3. The molecule has 28 heavy (non-hydrogen) atoms. The van der Waals surface area contributed by atoms with Crippen molar-refractivity contribution in [3.63, 3.8) is 0 Å². The SMILES string of the molecule is COC(=O)C1=C(C(=O)OC)N(c2ccc(NC(C)=O)cc2B(O)O)C=CC=C1. The Kier molecular flexibility index (Phi) is 6.75. The summed E-state index contributed by atoms with van der Waals surface area (Å²) in [5.41, 5.74) is 0.250. The minimum absolute atomic E-state index is 0.0107. The summed E-state index contributed by atoms with van der Waals surface area (Å²) in [7, 11) is 0.405. The number of nitrogens with zero attached hydrogens (tertiary/aromatic N) is 1. The van der Waals surface area contributed by atoms with Crippen LogP contribution in [0.3, 0.4) is 0 Å². The Bertz CT molecular complexity index is 890. The van der Waals surface area contributed by atoms with Crippen LogP contribution in [-0.4, -0.2) is 49.2 Å². The van der Waals surface area contributed by atoms with Gasteiger partial charge in [-0.2, -0.15) is 0 Å². The topological polar surface area (TPSA) is 125 Å². The van der Waals surface area contributed by atoms with Crippen molar-refractivity contribution < 1.29 is 33.9 Å². The highest BCUT2D eigenvalue weighted by Crippen LogP contribution is 2.26. The van der Waals surface area contributed by atoms with Crippen molar-refractivity contribution in [3.05, 3.63) is 53.9 Å². The number of benzene rings is 1. The molecule has 0 radical (unpaired) electrons. The fraction of sp³-hybridized carbons (Fsp3) is 0.167. The highest BCUT2D eigenvalue weighted by molar-refractivity contribution is 6.61. The van der Waals surface area contributed by atoms with Crippen molar-refractivity contribution in [2.75, 3.05) is 24.4 Å². The van der Waals surface area contributed by atoms with Crippen molar-refractivity contribution in [1.82, 2.24) is 0 Å². The third-order valence-electron chi connectivity index (χ3n) is 3.77. The van der Waals surface area contributed by atoms with Gasteiger partial charge in [0, 0.05) is 30.0 Å². The van der Waals surface area contributed by atoms with Gasteiger partial charge in [0.2, 0.25) is 5.91 Å². The van der Waals surface area contributed by atoms with Crippen LogP contribution in [-0.2, 0) is 23.9 Å². The van der Waals surface area contributed by atoms with Gasteiger partial charge in [-0.3, -0.25) is 4.79 Å². The Labute approximate surface area is 161 Å². The Balaban J connectivity index is 2.70. The molecule has 9 nitrogen and oxygen atoms in total. The number of nitrogens with one attached hydrogen (secondary N) is 1. The molecule has 1 aliphatic rings. The first-order valence-electron chi connectivity index (χ1n) is 8.12. The lowest BCUT2D eigenvalue weighted by atomic mass is 9.78. The van der Waals surface area contributed by atoms with Crippen molar-refractivity contribution in [1.29, 1.82) is 0 Å². The van der Waals surface area contributed by atoms with Crippen LogP contribution in [0.5, 0.6) is 0 Å². The molecule has 1 amide bonds. The van der Waals surface area contributed by atoms with Crippen LogP contribution < -0.4 is 15.7 Å². The van der Waals surface area contributed by atoms with E-state index in [0.29, 0.717) is 5.69 Å². The Morgan fingerprint density at radius 2 is 1.75 bits per heavy atom. The average Bonchev–Trinajstić information content (AvgIpc) is 2.89. The van der Waals surface area contributed by atoms with E-state index in [4.69, 9.17) is 9.47 Å². The van der Waals surface area contributed by atoms with Crippen LogP contribution in [0.2, 0.25) is 0 Å². The number of amides is 1. The van der Waals surface area contributed by atoms with E-state index < -0.39 is 19.1 Å². The number of rotatable bonds is 5. The highest BCUT2D eigenvalue weighted by atomic mass is 16.5. The third-order valence-corrected chi connectivity index (χ3v) is 3.77. The smallest absolute Gasteiger partial charge is 0.465 e. The predicted molar refractivity (Wildman–Crippen MR) is 102 cm³/mol. The van der Waals surface area contributed by atoms with Crippen LogP contribution in [0.25, 0.3) is 0 Å². The molecule has 2 rings (SSSR count). The van der Waals surface area contributed by atoms with Gasteiger partial charge in [0.15, 0.2) is 0 Å². The van der Waals surface area contributed by atoms with E-state index in [0.717, 1.165) is 7.11 Å². The molecule has 3 N–H and O–H groups in total. The van der Waals surface area contributed by atoms with Crippen molar-refractivity contribution in [3.8, 4) is 0 Å². The van der Waals surface area contributed by atoms with E-state index in [-0.39, 0.29) is 28.3 Å². The fourth-order valence-corrected chi connectivity index (χ4v) is 2.61. The second-order valence-corrected chi connectivity index (χ2v) is 5.64. The molecule has 1 aliphatic heterocycles. The lowest BCUT2D eigenvalue weighted by Crippen LogP contribution is -2.37. The Hall–Kier alpha value is -3.37. The van der Waals surface area contributed by atoms with Crippen LogP contribution in [0.15, 0.2) is 53.9 Å². The molecule has 0 fully saturated rings. The first kappa shape index (κ1) is 20.9. The standard InChI is InChI=1S/C18H19BN2O7/c1-11(22)20-12-7-8-15(14(10-12)19(25)26)21-9-5-4-6-13(17(23)27-2)16(21)18(24)28-3/h4-10,25-26H,1-3H3,(H,20,22). The third kappa shape index (κ3) is 4.48. The number of hydrogen-bond acceptors (Lipinski definition) is 8. The van der Waals surface area contributed by atoms with E-state index >= 15 is 0 Å². The molecule has 1 aromatic rings. The lowest BCUT2D eigenvalue weighted by molar-refractivity contribution is -0.139. The van der Waals surface area contributed by atoms with E-state index in [1.807, 2.05) is 0 Å². The Morgan fingerprint density at radius 3 is 2.32 bits per heavy atom. The van der Waals surface area contributed by atoms with E-state index in [2.05, 4.69) is 5.32 Å². The molecule has 0 bridgehead atoms. The molecule has 1 heterocycles. The molecule has 10 heteroatoms. The number of ether oxygens (including phenoxy) is 2. The van der Waals surface area contributed by atoms with Gasteiger partial charge >= 0.3 is 19.1 Å². The zero-order valence-electron chi connectivity index (χ0n) is 15.5. The predicted octanol–water partition coefficient (Wildman–Crippen LogP) is -0.185. The Morgan fingerprint density at radius 1 is 1.07 bits per heavy atom. The van der Waals surface area contributed by atoms with Crippen molar-refractivity contribution >= 4 is 41.8 Å². The van der Waals surface area contributed by atoms with Gasteiger partial charge in [0.1, 0.15) is 5.70 Å². The fourth-order valence-electron chi connectivity index (χ4n) is 2.61. The van der Waals surface area contributed by atoms with Gasteiger partial charge < -0.3 is 29.7 Å². The summed E-state index contributed by atoms with van der Waals surface area (Å²) < 4.78 is 9.54. The highest BCUT2D eigenvalue weighted by Gasteiger charge is 2.30. The maximum Gasteiger partial charge on any atom is 0.490 e. The molecule has 1 aromatic carbocycles. The summed E-state index contributed by atoms with van der Waals surface area (Å²) in [4.78, 5) is 37.2. The number of anilines is 2. The zero-order chi connectivity index (χ0) is 20.8. The first-order chi connectivity index (χ1) is 13.3. The summed E-state index contributed by atoms with van der Waals surface area (Å²) in [5, 5.41) is 22.2. The number of esters is 2. The summed E-state index contributed by atoms with van der Waals surface area (Å²) in [5.74, 6) is -1.94. The minimum Gasteiger partial charge on any atom is -0.465 e. The van der Waals surface area contributed by atoms with Gasteiger partial charge in [0.25, 0.3) is 0 Å². The number of hydrogen-bond donors (Lipinski definition) is 3. The molecular formula is C18H19BN2O7. The van der Waals surface area contributed by atoms with Gasteiger partial charge in [0.05, 0.1) is 19.8 Å². The van der Waals surface area contributed by atoms with Crippen molar-refractivity contribution in [2.45, 2.75) is 6.92 Å². The number of allylic oxidation sites excluding steroid dienone is 2. The van der Waals surface area contributed by atoms with Crippen molar-refractivity contribution in [2.24, 2.45) is 0 Å². The summed E-state index contributed by atoms with van der Waals surface area (Å²) in [6, 6.07) is 4.33. The van der Waals surface area contributed by atoms with Crippen LogP contribution in [0.1, 0.15) is 6.92 Å². The van der Waals surface area contributed by atoms with E-state index in [1.165, 1.54) is 55.5 Å². The number of carbonyl (C=O) groups excluding carboxylic acids is 3. The van der Waals surface area contributed by atoms with Crippen LogP contribution >= 0.6 is 0 Å². The lowest BCUT2D eigenvalue weighted by Gasteiger charge is -2.25. The molecule has 146 valence electrons. The van der Waals surface area contributed by atoms with Crippen LogP contribution in [0.4, 0.5) is 11.4 Å². The zero-order valence-corrected chi connectivity index (χ0v) is 15.5. The molecule has 0 unspecified atom stereocenters. The molecule has 0 aliphatic carbocycles. The molecular weight excluding hydrogens is 367 g/mol. The van der Waals surface area contributed by atoms with E-state index in [9.17, 15) is 24.4 Å². The molecule has 0 atom stereocenters. The summed E-state index contributed by atoms with van der Waals surface area (Å²) >= 11 is 0. The number of methoxy groups -OCH3 is 2. The largest absolute Gasteiger partial charge is 0.490 e. The normalized spacial score (nSPS) is 13.1. The molecule has 0 saturated carbocycles. The van der Waals surface area contributed by atoms with E-state index in [1.54, 1.807) is 6.08 Å². The maximum absolute atomic E-state index is 12.4. The monoisotopic (exact) mass is 386 g/mol. The van der Waals surface area contributed by atoms with Gasteiger partial charge in [-0.05, 0) is 30.4 Å². The average molecular weight is 386 g/mol. The molecule has 0 aromatic heterocycles. The van der Waals surface area contributed by atoms with Gasteiger partial charge in [-0.1, -0.05) is 6.08 Å². The second kappa shape index (κ2) is 9.02. The summed E-state index contributed by atoms with van der Waals surface area (Å²) in [6.07, 6.45) is 5.91. The summed E-state index contributed by atoms with van der Waals surface area (Å²) in [6.45, 7) is 1.31. The first-order valence-corrected chi connectivity index (χ1v) is 8.12. The van der Waals surface area contributed by atoms with Gasteiger partial charge in [-0.25, -0.2) is 9.59 Å². The quantitative estimate of drug-likeness (QED) is 0.470. The second-order valence-electron chi connectivity index (χ2n) is 5.64.